The van der Waals surface area contributed by atoms with Crippen LogP contribution in [0.2, 0.25) is 0 Å². The number of aliphatic hydroxyl groups is 1. The summed E-state index contributed by atoms with van der Waals surface area (Å²) in [5.74, 6) is 0.815. The number of ether oxygens (including phenoxy) is 2. The van der Waals surface area contributed by atoms with E-state index >= 15 is 0 Å². The van der Waals surface area contributed by atoms with Crippen LogP contribution in [-0.4, -0.2) is 29.8 Å². The molecule has 0 bridgehead atoms. The Kier molecular flexibility index (Phi) is 5.72. The van der Waals surface area contributed by atoms with Crippen LogP contribution in [0.3, 0.4) is 0 Å². The van der Waals surface area contributed by atoms with Crippen LogP contribution in [-0.2, 0) is 11.3 Å². The molecule has 0 saturated carbocycles. The van der Waals surface area contributed by atoms with Crippen LogP contribution in [0.5, 0.6) is 5.75 Å². The van der Waals surface area contributed by atoms with Gasteiger partial charge in [-0.25, -0.2) is 0 Å². The average Bonchev–Trinajstić information content (AvgIpc) is 2.65. The molecule has 3 atom stereocenters. The lowest BCUT2D eigenvalue weighted by atomic mass is 9.84. The van der Waals surface area contributed by atoms with Crippen LogP contribution in [0.25, 0.3) is 6.08 Å². The van der Waals surface area contributed by atoms with Crippen molar-refractivity contribution >= 4 is 22.0 Å². The van der Waals surface area contributed by atoms with Gasteiger partial charge in [0.25, 0.3) is 0 Å². The van der Waals surface area contributed by atoms with E-state index in [1.165, 1.54) is 5.56 Å². The van der Waals surface area contributed by atoms with Crippen molar-refractivity contribution < 1.29 is 14.6 Å². The monoisotopic (exact) mass is 388 g/mol. The van der Waals surface area contributed by atoms with E-state index in [9.17, 15) is 5.11 Å². The highest BCUT2D eigenvalue weighted by Gasteiger charge is 2.33. The van der Waals surface area contributed by atoms with Gasteiger partial charge in [-0.05, 0) is 28.8 Å². The topological polar surface area (TPSA) is 38.7 Å². The van der Waals surface area contributed by atoms with Crippen molar-refractivity contribution in [1.29, 1.82) is 0 Å². The van der Waals surface area contributed by atoms with Gasteiger partial charge in [0.1, 0.15) is 5.75 Å². The van der Waals surface area contributed by atoms with Gasteiger partial charge in [0, 0.05) is 11.2 Å². The van der Waals surface area contributed by atoms with Crippen LogP contribution in [0, 0.1) is 0 Å². The molecule has 1 N–H and O–H groups in total. The van der Waals surface area contributed by atoms with Gasteiger partial charge < -0.3 is 14.6 Å². The van der Waals surface area contributed by atoms with Crippen molar-refractivity contribution in [2.24, 2.45) is 0 Å². The van der Waals surface area contributed by atoms with Crippen molar-refractivity contribution in [1.82, 2.24) is 0 Å². The number of rotatable bonds is 5. The van der Waals surface area contributed by atoms with Crippen LogP contribution in [0.1, 0.15) is 22.6 Å². The molecule has 0 aliphatic carbocycles. The first kappa shape index (κ1) is 17.2. The summed E-state index contributed by atoms with van der Waals surface area (Å²) in [4.78, 5) is 0. The van der Waals surface area contributed by atoms with Crippen molar-refractivity contribution in [2.45, 2.75) is 24.7 Å². The minimum absolute atomic E-state index is 0.00703. The maximum Gasteiger partial charge on any atom is 0.119 e. The first-order chi connectivity index (χ1) is 11.7. The number of fused-ring (bicyclic) bond motifs is 1. The van der Waals surface area contributed by atoms with Crippen LogP contribution < -0.4 is 4.74 Å². The van der Waals surface area contributed by atoms with E-state index in [4.69, 9.17) is 9.47 Å². The third-order valence-corrected chi connectivity index (χ3v) is 4.99. The summed E-state index contributed by atoms with van der Waals surface area (Å²) in [6.45, 7) is 0.483. The quantitative estimate of drug-likeness (QED) is 0.781. The smallest absolute Gasteiger partial charge is 0.119 e. The second-order valence-electron chi connectivity index (χ2n) is 5.86. The van der Waals surface area contributed by atoms with Gasteiger partial charge in [-0.2, -0.15) is 0 Å². The third kappa shape index (κ3) is 3.72. The number of benzene rings is 2. The fourth-order valence-corrected chi connectivity index (χ4v) is 3.42. The molecule has 1 aliphatic heterocycles. The van der Waals surface area contributed by atoms with E-state index in [1.54, 1.807) is 7.11 Å². The molecule has 0 spiro atoms. The summed E-state index contributed by atoms with van der Waals surface area (Å²) in [5.41, 5.74) is 3.42. The molecular formula is C20H21BrO3. The van der Waals surface area contributed by atoms with E-state index in [0.29, 0.717) is 11.9 Å². The van der Waals surface area contributed by atoms with Crippen LogP contribution in [0.15, 0.2) is 54.6 Å². The Morgan fingerprint density at radius 2 is 2.08 bits per heavy atom. The van der Waals surface area contributed by atoms with Gasteiger partial charge in [0.2, 0.25) is 0 Å². The van der Waals surface area contributed by atoms with Gasteiger partial charge in [-0.3, -0.25) is 0 Å². The zero-order valence-corrected chi connectivity index (χ0v) is 15.1. The number of aliphatic hydroxyl groups excluding tert-OH is 1. The van der Waals surface area contributed by atoms with Gasteiger partial charge in [-0.15, -0.1) is 0 Å². The van der Waals surface area contributed by atoms with E-state index in [2.05, 4.69) is 46.3 Å². The highest BCUT2D eigenvalue weighted by molar-refractivity contribution is 9.09. The number of methoxy groups -OCH3 is 1. The number of hydrogen-bond donors (Lipinski definition) is 1. The Morgan fingerprint density at radius 3 is 2.79 bits per heavy atom. The minimum atomic E-state index is -0.564. The summed E-state index contributed by atoms with van der Waals surface area (Å²) in [7, 11) is 1.66. The molecule has 3 nitrogen and oxygen atoms in total. The minimum Gasteiger partial charge on any atom is -0.497 e. The third-order valence-electron chi connectivity index (χ3n) is 4.33. The normalized spacial score (nSPS) is 21.5. The molecule has 3 rings (SSSR count). The van der Waals surface area contributed by atoms with Crippen molar-refractivity contribution in [3.8, 4) is 5.75 Å². The molecule has 0 amide bonds. The predicted molar refractivity (Wildman–Crippen MR) is 99.6 cm³/mol. The maximum absolute atomic E-state index is 10.3. The molecule has 126 valence electrons. The molecular weight excluding hydrogens is 368 g/mol. The molecule has 1 aliphatic rings. The van der Waals surface area contributed by atoms with Crippen LogP contribution >= 0.6 is 15.9 Å². The van der Waals surface area contributed by atoms with Crippen LogP contribution in [0.4, 0.5) is 0 Å². The van der Waals surface area contributed by atoms with Crippen molar-refractivity contribution in [2.75, 3.05) is 12.4 Å². The zero-order chi connectivity index (χ0) is 16.9. The highest BCUT2D eigenvalue weighted by Crippen LogP contribution is 2.36. The second-order valence-corrected chi connectivity index (χ2v) is 6.51. The molecule has 0 saturated heterocycles. The standard InChI is InChI=1S/C20H21BrO3/c1-23-16-8-10-17-15(11-16)13-24-20(19(22)12-21)18(17)9-7-14-5-3-2-4-6-14/h2-11,18-20,22H,12-13H2,1H3/t18-,19+,20-/m0/s1. The summed E-state index contributed by atoms with van der Waals surface area (Å²) in [6.07, 6.45) is 3.37. The summed E-state index contributed by atoms with van der Waals surface area (Å²) in [5, 5.41) is 10.8. The highest BCUT2D eigenvalue weighted by atomic mass is 79.9. The first-order valence-electron chi connectivity index (χ1n) is 7.98. The molecule has 0 fully saturated rings. The molecule has 1 heterocycles. The maximum atomic E-state index is 10.3. The Balaban J connectivity index is 1.95. The SMILES string of the molecule is COc1ccc2c(c1)CO[C@H]([C@H](O)CBr)[C@H]2C=Cc1ccccc1. The number of alkyl halides is 1. The first-order valence-corrected chi connectivity index (χ1v) is 9.10. The van der Waals surface area contributed by atoms with Crippen molar-refractivity contribution in [3.63, 3.8) is 0 Å². The zero-order valence-electron chi connectivity index (χ0n) is 13.6. The Labute approximate surface area is 151 Å². The van der Waals surface area contributed by atoms with Gasteiger partial charge in [-0.1, -0.05) is 64.5 Å². The van der Waals surface area contributed by atoms with Gasteiger partial charge in [0.15, 0.2) is 0 Å². The Hall–Kier alpha value is -1.62. The lowest BCUT2D eigenvalue weighted by Crippen LogP contribution is -2.38. The summed E-state index contributed by atoms with van der Waals surface area (Å²) in [6, 6.07) is 16.2. The van der Waals surface area contributed by atoms with E-state index in [0.717, 1.165) is 16.9 Å². The van der Waals surface area contributed by atoms with E-state index in [1.807, 2.05) is 30.3 Å². The predicted octanol–water partition coefficient (Wildman–Crippen LogP) is 4.15. The van der Waals surface area contributed by atoms with E-state index in [-0.39, 0.29) is 12.0 Å². The molecule has 0 unspecified atom stereocenters. The average molecular weight is 389 g/mol. The lowest BCUT2D eigenvalue weighted by molar-refractivity contribution is -0.0523. The lowest BCUT2D eigenvalue weighted by Gasteiger charge is -2.34. The largest absolute Gasteiger partial charge is 0.497 e. The Bertz CT molecular complexity index is 699. The van der Waals surface area contributed by atoms with Gasteiger partial charge in [0.05, 0.1) is 25.9 Å². The summed E-state index contributed by atoms with van der Waals surface area (Å²) >= 11 is 3.36. The number of halogens is 1. The molecule has 4 heteroatoms. The fourth-order valence-electron chi connectivity index (χ4n) is 3.06. The molecule has 0 aromatic heterocycles. The molecule has 2 aromatic carbocycles. The second kappa shape index (κ2) is 7.97. The molecule has 24 heavy (non-hydrogen) atoms. The number of hydrogen-bond acceptors (Lipinski definition) is 3. The fraction of sp³-hybridized carbons (Fsp3) is 0.300. The van der Waals surface area contributed by atoms with Gasteiger partial charge >= 0.3 is 0 Å². The molecule has 0 radical (unpaired) electrons. The summed E-state index contributed by atoms with van der Waals surface area (Å²) < 4.78 is 11.3. The molecule has 2 aromatic rings. The Morgan fingerprint density at radius 1 is 1.29 bits per heavy atom. The van der Waals surface area contributed by atoms with E-state index < -0.39 is 6.10 Å². The van der Waals surface area contributed by atoms with Crippen molar-refractivity contribution in [3.05, 3.63) is 71.3 Å².